The van der Waals surface area contributed by atoms with Gasteiger partial charge in [-0.1, -0.05) is 13.3 Å². The normalized spacial score (nSPS) is 11.8. The molecule has 0 aliphatic rings. The average molecular weight is 304 g/mol. The molecule has 0 bridgehead atoms. The van der Waals surface area contributed by atoms with Crippen LogP contribution in [0.1, 0.15) is 25.3 Å². The van der Waals surface area contributed by atoms with Gasteiger partial charge in [0.1, 0.15) is 5.82 Å². The fourth-order valence-electron chi connectivity index (χ4n) is 1.63. The Hall–Kier alpha value is -1.18. The first-order valence-corrected chi connectivity index (χ1v) is 8.00. The van der Waals surface area contributed by atoms with Crippen molar-refractivity contribution in [2.45, 2.75) is 31.6 Å². The van der Waals surface area contributed by atoms with Gasteiger partial charge in [0.05, 0.1) is 11.5 Å². The summed E-state index contributed by atoms with van der Waals surface area (Å²) in [6, 6.07) is 2.35. The third-order valence-corrected chi connectivity index (χ3v) is 4.38. The summed E-state index contributed by atoms with van der Waals surface area (Å²) < 4.78 is 45.2. The second-order valence-corrected chi connectivity index (χ2v) is 6.22. The molecule has 0 heterocycles. The summed E-state index contributed by atoms with van der Waals surface area (Å²) in [6.07, 6.45) is 1.96. The molecule has 114 valence electrons. The summed E-state index contributed by atoms with van der Waals surface area (Å²) in [5.41, 5.74) is 5.61. The second-order valence-electron chi connectivity index (χ2n) is 4.49. The number of nitrogens with one attached hydrogen (secondary N) is 1. The fraction of sp³-hybridized carbons (Fsp3) is 0.538. The van der Waals surface area contributed by atoms with Gasteiger partial charge >= 0.3 is 0 Å². The second kappa shape index (κ2) is 7.56. The number of halogens is 1. The van der Waals surface area contributed by atoms with Gasteiger partial charge in [-0.2, -0.15) is 0 Å². The Kier molecular flexibility index (Phi) is 6.38. The van der Waals surface area contributed by atoms with Crippen molar-refractivity contribution >= 4 is 15.7 Å². The van der Waals surface area contributed by atoms with Gasteiger partial charge in [0.15, 0.2) is 0 Å². The fourth-order valence-corrected chi connectivity index (χ4v) is 2.93. The third-order valence-electron chi connectivity index (χ3n) is 2.79. The topological polar surface area (TPSA) is 81.4 Å². The summed E-state index contributed by atoms with van der Waals surface area (Å²) in [5, 5.41) is 0. The van der Waals surface area contributed by atoms with Crippen molar-refractivity contribution in [2.24, 2.45) is 0 Å². The van der Waals surface area contributed by atoms with Crippen molar-refractivity contribution in [3.8, 4) is 0 Å². The molecule has 0 unspecified atom stereocenters. The quantitative estimate of drug-likeness (QED) is 0.567. The highest BCUT2D eigenvalue weighted by Gasteiger charge is 2.19. The Labute approximate surface area is 119 Å². The predicted octanol–water partition coefficient (Wildman–Crippen LogP) is 1.81. The maximum atomic E-state index is 13.5. The molecule has 1 aromatic carbocycles. The molecular formula is C13H21FN2O3S. The average Bonchev–Trinajstić information content (AvgIpc) is 2.37. The molecule has 0 saturated heterocycles. The molecule has 0 saturated carbocycles. The van der Waals surface area contributed by atoms with Crippen molar-refractivity contribution in [1.29, 1.82) is 0 Å². The van der Waals surface area contributed by atoms with Crippen LogP contribution in [0.25, 0.3) is 0 Å². The Morgan fingerprint density at radius 2 is 2.05 bits per heavy atom. The molecule has 0 amide bonds. The SMILES string of the molecule is CCCCOCCNS(=O)(=O)c1cc(N)cc(F)c1C. The first-order valence-electron chi connectivity index (χ1n) is 6.51. The van der Waals surface area contributed by atoms with E-state index in [4.69, 9.17) is 10.5 Å². The lowest BCUT2D eigenvalue weighted by Crippen LogP contribution is -2.28. The van der Waals surface area contributed by atoms with Crippen LogP contribution in [-0.4, -0.2) is 28.2 Å². The summed E-state index contributed by atoms with van der Waals surface area (Å²) in [6.45, 7) is 4.47. The lowest BCUT2D eigenvalue weighted by Gasteiger charge is -2.11. The van der Waals surface area contributed by atoms with E-state index in [2.05, 4.69) is 4.72 Å². The minimum atomic E-state index is -3.78. The van der Waals surface area contributed by atoms with Crippen LogP contribution in [0.5, 0.6) is 0 Å². The molecular weight excluding hydrogens is 283 g/mol. The maximum absolute atomic E-state index is 13.5. The van der Waals surface area contributed by atoms with Gasteiger partial charge in [-0.25, -0.2) is 17.5 Å². The van der Waals surface area contributed by atoms with Crippen molar-refractivity contribution < 1.29 is 17.5 Å². The molecule has 1 aromatic rings. The number of benzene rings is 1. The largest absolute Gasteiger partial charge is 0.399 e. The van der Waals surface area contributed by atoms with Gasteiger partial charge in [0, 0.05) is 24.4 Å². The summed E-state index contributed by atoms with van der Waals surface area (Å²) in [7, 11) is -3.78. The Balaban J connectivity index is 2.65. The van der Waals surface area contributed by atoms with Gasteiger partial charge in [-0.3, -0.25) is 0 Å². The molecule has 0 atom stereocenters. The third kappa shape index (κ3) is 4.73. The lowest BCUT2D eigenvalue weighted by molar-refractivity contribution is 0.136. The van der Waals surface area contributed by atoms with E-state index in [1.54, 1.807) is 0 Å². The molecule has 5 nitrogen and oxygen atoms in total. The van der Waals surface area contributed by atoms with E-state index >= 15 is 0 Å². The van der Waals surface area contributed by atoms with E-state index < -0.39 is 15.8 Å². The molecule has 20 heavy (non-hydrogen) atoms. The van der Waals surface area contributed by atoms with Crippen LogP contribution in [0.3, 0.4) is 0 Å². The van der Waals surface area contributed by atoms with Gasteiger partial charge in [-0.05, 0) is 25.5 Å². The number of hydrogen-bond acceptors (Lipinski definition) is 4. The van der Waals surface area contributed by atoms with Crippen LogP contribution in [0.15, 0.2) is 17.0 Å². The first-order chi connectivity index (χ1) is 9.38. The summed E-state index contributed by atoms with van der Waals surface area (Å²) >= 11 is 0. The van der Waals surface area contributed by atoms with Gasteiger partial charge in [-0.15, -0.1) is 0 Å². The van der Waals surface area contributed by atoms with Gasteiger partial charge < -0.3 is 10.5 Å². The number of unbranched alkanes of at least 4 members (excludes halogenated alkanes) is 1. The minimum Gasteiger partial charge on any atom is -0.399 e. The predicted molar refractivity (Wildman–Crippen MR) is 76.5 cm³/mol. The van der Waals surface area contributed by atoms with Crippen LogP contribution in [0.2, 0.25) is 0 Å². The molecule has 0 radical (unpaired) electrons. The maximum Gasteiger partial charge on any atom is 0.241 e. The van der Waals surface area contributed by atoms with Crippen molar-refractivity contribution in [3.05, 3.63) is 23.5 Å². The van der Waals surface area contributed by atoms with Crippen molar-refractivity contribution in [1.82, 2.24) is 4.72 Å². The number of nitrogen functional groups attached to an aromatic ring is 1. The first kappa shape index (κ1) is 16.9. The molecule has 0 aliphatic carbocycles. The summed E-state index contributed by atoms with van der Waals surface area (Å²) in [4.78, 5) is -0.136. The number of ether oxygens (including phenoxy) is 1. The van der Waals surface area contributed by atoms with Crippen LogP contribution in [0.4, 0.5) is 10.1 Å². The number of anilines is 1. The van der Waals surface area contributed by atoms with Crippen LogP contribution < -0.4 is 10.5 Å². The molecule has 1 rings (SSSR count). The zero-order chi connectivity index (χ0) is 15.2. The zero-order valence-corrected chi connectivity index (χ0v) is 12.6. The van der Waals surface area contributed by atoms with Crippen LogP contribution >= 0.6 is 0 Å². The standard InChI is InChI=1S/C13H21FN2O3S/c1-3-4-6-19-7-5-16-20(17,18)13-9-11(15)8-12(14)10(13)2/h8-9,16H,3-7,15H2,1-2H3. The molecule has 0 aliphatic heterocycles. The van der Waals surface area contributed by atoms with Crippen molar-refractivity contribution in [3.63, 3.8) is 0 Å². The monoisotopic (exact) mass is 304 g/mol. The number of nitrogens with two attached hydrogens (primary N) is 1. The molecule has 0 fully saturated rings. The Morgan fingerprint density at radius 1 is 1.35 bits per heavy atom. The minimum absolute atomic E-state index is 0.0543. The van der Waals surface area contributed by atoms with E-state index in [0.29, 0.717) is 6.61 Å². The summed E-state index contributed by atoms with van der Waals surface area (Å²) in [5.74, 6) is -0.635. The van der Waals surface area contributed by atoms with E-state index in [-0.39, 0.29) is 29.3 Å². The zero-order valence-electron chi connectivity index (χ0n) is 11.8. The van der Waals surface area contributed by atoms with E-state index in [9.17, 15) is 12.8 Å². The molecule has 7 heteroatoms. The molecule has 0 aromatic heterocycles. The van der Waals surface area contributed by atoms with Crippen LogP contribution in [0, 0.1) is 12.7 Å². The Bertz CT molecular complexity index is 547. The number of hydrogen-bond donors (Lipinski definition) is 2. The van der Waals surface area contributed by atoms with Crippen molar-refractivity contribution in [2.75, 3.05) is 25.5 Å². The molecule has 0 spiro atoms. The van der Waals surface area contributed by atoms with Gasteiger partial charge in [0.2, 0.25) is 10.0 Å². The van der Waals surface area contributed by atoms with E-state index in [1.807, 2.05) is 6.92 Å². The smallest absolute Gasteiger partial charge is 0.241 e. The highest BCUT2D eigenvalue weighted by Crippen LogP contribution is 2.21. The lowest BCUT2D eigenvalue weighted by atomic mass is 10.2. The number of sulfonamides is 1. The highest BCUT2D eigenvalue weighted by atomic mass is 32.2. The molecule has 3 N–H and O–H groups in total. The van der Waals surface area contributed by atoms with E-state index in [1.165, 1.54) is 13.0 Å². The number of rotatable bonds is 8. The van der Waals surface area contributed by atoms with E-state index in [0.717, 1.165) is 18.9 Å². The Morgan fingerprint density at radius 3 is 2.70 bits per heavy atom. The van der Waals surface area contributed by atoms with Crippen LogP contribution in [-0.2, 0) is 14.8 Å². The highest BCUT2D eigenvalue weighted by molar-refractivity contribution is 7.89. The van der Waals surface area contributed by atoms with Gasteiger partial charge in [0.25, 0.3) is 0 Å².